The fraction of sp³-hybridized carbons (Fsp3) is 0.174. The van der Waals surface area contributed by atoms with Gasteiger partial charge in [0.05, 0.1) is 11.3 Å². The number of fused-ring (bicyclic) bond motifs is 1. The normalized spacial score (nSPS) is 18.2. The highest BCUT2D eigenvalue weighted by Gasteiger charge is 2.53. The van der Waals surface area contributed by atoms with Gasteiger partial charge in [-0.15, -0.1) is 0 Å². The van der Waals surface area contributed by atoms with Crippen LogP contribution in [0.15, 0.2) is 66.7 Å². The van der Waals surface area contributed by atoms with Gasteiger partial charge in [-0.3, -0.25) is 4.79 Å². The summed E-state index contributed by atoms with van der Waals surface area (Å²) in [5.41, 5.74) is -7.77. The van der Waals surface area contributed by atoms with E-state index in [-0.39, 0.29) is 11.1 Å². The van der Waals surface area contributed by atoms with E-state index in [1.165, 1.54) is 6.07 Å². The Morgan fingerprint density at radius 3 is 1.89 bits per heavy atom. The van der Waals surface area contributed by atoms with Crippen LogP contribution in [0.4, 0.5) is 32.0 Å². The highest BCUT2D eigenvalue weighted by molar-refractivity contribution is 7.88. The number of rotatable bonds is 4. The van der Waals surface area contributed by atoms with Gasteiger partial charge in [-0.2, -0.15) is 34.8 Å². The number of alkyl halides is 6. The van der Waals surface area contributed by atoms with Crippen LogP contribution in [0, 0.1) is 6.92 Å². The molecule has 0 saturated heterocycles. The minimum Gasteiger partial charge on any atom is -0.376 e. The first-order valence-electron chi connectivity index (χ1n) is 9.88. The van der Waals surface area contributed by atoms with Crippen LogP contribution < -0.4 is 9.50 Å². The van der Waals surface area contributed by atoms with E-state index < -0.39 is 50.1 Å². The van der Waals surface area contributed by atoms with Crippen molar-refractivity contribution in [3.8, 4) is 5.75 Å². The Labute approximate surface area is 195 Å². The Morgan fingerprint density at radius 1 is 0.829 bits per heavy atom. The number of halogens is 6. The molecule has 1 aliphatic rings. The van der Waals surface area contributed by atoms with E-state index in [1.54, 1.807) is 31.2 Å². The summed E-state index contributed by atoms with van der Waals surface area (Å²) in [6.45, 7) is 1.77. The van der Waals surface area contributed by atoms with E-state index in [9.17, 15) is 39.6 Å². The molecule has 1 heterocycles. The van der Waals surface area contributed by atoms with Gasteiger partial charge in [-0.05, 0) is 36.2 Å². The summed E-state index contributed by atoms with van der Waals surface area (Å²) in [7, 11) is -5.94. The van der Waals surface area contributed by atoms with Crippen molar-refractivity contribution in [2.45, 2.75) is 24.0 Å². The standard InChI is InChI=1S/C23H15F6NO4S/c1-13-5-7-14(8-6-13)21(15-9-11-16(12-10-15)34-35(32,33)23(27,28)29)17-3-2-4-18(22(24,25)26)19(17)30-20(21)31/h2-12H,1H3,(H,30,31)/t21-/m1/s1. The third-order valence-corrected chi connectivity index (χ3v) is 6.59. The molecular weight excluding hydrogens is 500 g/mol. The largest absolute Gasteiger partial charge is 0.534 e. The summed E-state index contributed by atoms with van der Waals surface area (Å²) >= 11 is 0. The number of benzene rings is 3. The third-order valence-electron chi connectivity index (χ3n) is 5.61. The molecule has 3 aromatic carbocycles. The second-order valence-corrected chi connectivity index (χ2v) is 9.34. The van der Waals surface area contributed by atoms with Crippen molar-refractivity contribution in [1.82, 2.24) is 0 Å². The number of amides is 1. The van der Waals surface area contributed by atoms with E-state index in [0.29, 0.717) is 5.56 Å². The highest BCUT2D eigenvalue weighted by atomic mass is 32.2. The summed E-state index contributed by atoms with van der Waals surface area (Å²) in [6, 6.07) is 13.8. The average Bonchev–Trinajstić information content (AvgIpc) is 3.05. The Bertz CT molecular complexity index is 1400. The van der Waals surface area contributed by atoms with Gasteiger partial charge in [0.2, 0.25) is 5.91 Å². The second kappa shape index (κ2) is 8.01. The Balaban J connectivity index is 1.92. The Hall–Kier alpha value is -3.54. The van der Waals surface area contributed by atoms with E-state index >= 15 is 0 Å². The van der Waals surface area contributed by atoms with E-state index in [0.717, 1.165) is 42.0 Å². The SMILES string of the molecule is Cc1ccc([C@]2(c3ccc(OS(=O)(=O)C(F)(F)F)cc3)C(=O)Nc3c(C(F)(F)F)cccc32)cc1. The number of carbonyl (C=O) groups is 1. The molecule has 4 rings (SSSR count). The Morgan fingerprint density at radius 2 is 1.37 bits per heavy atom. The summed E-state index contributed by atoms with van der Waals surface area (Å²) in [5, 5.41) is 2.31. The molecule has 1 atom stereocenters. The monoisotopic (exact) mass is 515 g/mol. The molecule has 0 saturated carbocycles. The lowest BCUT2D eigenvalue weighted by Crippen LogP contribution is -2.37. The molecule has 1 amide bonds. The molecule has 0 radical (unpaired) electrons. The van der Waals surface area contributed by atoms with E-state index in [1.807, 2.05) is 0 Å². The van der Waals surface area contributed by atoms with Gasteiger partial charge in [0, 0.05) is 5.56 Å². The second-order valence-electron chi connectivity index (χ2n) is 7.80. The minimum absolute atomic E-state index is 0.0160. The zero-order valence-electron chi connectivity index (χ0n) is 17.7. The van der Waals surface area contributed by atoms with Crippen LogP contribution in [0.5, 0.6) is 5.75 Å². The topological polar surface area (TPSA) is 72.5 Å². The number of anilines is 1. The van der Waals surface area contributed by atoms with Gasteiger partial charge in [-0.25, -0.2) is 0 Å². The first kappa shape index (κ1) is 24.6. The molecule has 184 valence electrons. The number of nitrogens with one attached hydrogen (secondary N) is 1. The van der Waals surface area contributed by atoms with Gasteiger partial charge >= 0.3 is 21.8 Å². The third kappa shape index (κ3) is 4.01. The lowest BCUT2D eigenvalue weighted by molar-refractivity contribution is -0.136. The van der Waals surface area contributed by atoms with Crippen molar-refractivity contribution in [2.75, 3.05) is 5.32 Å². The highest BCUT2D eigenvalue weighted by Crippen LogP contribution is 2.51. The van der Waals surface area contributed by atoms with E-state index in [4.69, 9.17) is 0 Å². The van der Waals surface area contributed by atoms with Gasteiger partial charge < -0.3 is 9.50 Å². The lowest BCUT2D eigenvalue weighted by atomic mass is 9.70. The van der Waals surface area contributed by atoms with Crippen molar-refractivity contribution in [3.05, 3.63) is 94.5 Å². The van der Waals surface area contributed by atoms with Crippen molar-refractivity contribution < 1.29 is 43.7 Å². The fourth-order valence-electron chi connectivity index (χ4n) is 4.04. The molecule has 1 N–H and O–H groups in total. The van der Waals surface area contributed by atoms with Crippen LogP contribution >= 0.6 is 0 Å². The smallest absolute Gasteiger partial charge is 0.376 e. The van der Waals surface area contributed by atoms with Crippen LogP contribution in [-0.2, 0) is 26.5 Å². The fourth-order valence-corrected chi connectivity index (χ4v) is 4.50. The first-order valence-corrected chi connectivity index (χ1v) is 11.3. The first-order chi connectivity index (χ1) is 16.2. The molecule has 3 aromatic rings. The molecule has 35 heavy (non-hydrogen) atoms. The molecular formula is C23H15F6NO4S. The van der Waals surface area contributed by atoms with Crippen molar-refractivity contribution >= 4 is 21.7 Å². The van der Waals surface area contributed by atoms with Crippen LogP contribution in [0.2, 0.25) is 0 Å². The molecule has 0 aromatic heterocycles. The Kier molecular flexibility index (Phi) is 5.62. The van der Waals surface area contributed by atoms with Gasteiger partial charge in [0.1, 0.15) is 11.2 Å². The van der Waals surface area contributed by atoms with Crippen molar-refractivity contribution in [2.24, 2.45) is 0 Å². The number of hydrogen-bond donors (Lipinski definition) is 1. The van der Waals surface area contributed by atoms with Gasteiger partial charge in [0.15, 0.2) is 0 Å². The number of hydrogen-bond acceptors (Lipinski definition) is 4. The average molecular weight is 515 g/mol. The molecule has 0 unspecified atom stereocenters. The van der Waals surface area contributed by atoms with Crippen LogP contribution in [0.25, 0.3) is 0 Å². The predicted molar refractivity (Wildman–Crippen MR) is 113 cm³/mol. The van der Waals surface area contributed by atoms with Crippen molar-refractivity contribution in [1.29, 1.82) is 0 Å². The maximum absolute atomic E-state index is 13.7. The van der Waals surface area contributed by atoms with Crippen molar-refractivity contribution in [3.63, 3.8) is 0 Å². The maximum Gasteiger partial charge on any atom is 0.534 e. The summed E-state index contributed by atoms with van der Waals surface area (Å²) in [4.78, 5) is 13.4. The summed E-state index contributed by atoms with van der Waals surface area (Å²) in [6.07, 6.45) is -4.77. The molecule has 0 aliphatic carbocycles. The molecule has 12 heteroatoms. The summed E-state index contributed by atoms with van der Waals surface area (Å²) < 4.78 is 106. The molecule has 0 spiro atoms. The quantitative estimate of drug-likeness (QED) is 0.282. The van der Waals surface area contributed by atoms with Gasteiger partial charge in [0.25, 0.3) is 0 Å². The molecule has 0 fully saturated rings. The number of aryl methyl sites for hydroxylation is 1. The van der Waals surface area contributed by atoms with Crippen LogP contribution in [0.1, 0.15) is 27.8 Å². The number of carbonyl (C=O) groups excluding carboxylic acids is 1. The van der Waals surface area contributed by atoms with Crippen LogP contribution in [-0.4, -0.2) is 19.8 Å². The lowest BCUT2D eigenvalue weighted by Gasteiger charge is -2.29. The number of para-hydroxylation sites is 1. The zero-order chi connectivity index (χ0) is 25.8. The molecule has 0 bridgehead atoms. The van der Waals surface area contributed by atoms with E-state index in [2.05, 4.69) is 9.50 Å². The maximum atomic E-state index is 13.7. The predicted octanol–water partition coefficient (Wildman–Crippen LogP) is 5.53. The molecule has 5 nitrogen and oxygen atoms in total. The van der Waals surface area contributed by atoms with Gasteiger partial charge in [-0.1, -0.05) is 54.1 Å². The zero-order valence-corrected chi connectivity index (χ0v) is 18.5. The minimum atomic E-state index is -5.94. The van der Waals surface area contributed by atoms with Crippen LogP contribution in [0.3, 0.4) is 0 Å². The molecule has 1 aliphatic heterocycles. The summed E-state index contributed by atoms with van der Waals surface area (Å²) in [5.74, 6) is -1.50.